The molecule has 0 saturated carbocycles. The molecular weight excluding hydrogens is 406 g/mol. The fraction of sp³-hybridized carbons (Fsp3) is 0.0870. The maximum atomic E-state index is 5.70. The van der Waals surface area contributed by atoms with Gasteiger partial charge in [-0.1, -0.05) is 41.6 Å². The normalized spacial score (nSPS) is 12.6. The van der Waals surface area contributed by atoms with E-state index in [1.807, 2.05) is 60.8 Å². The lowest BCUT2D eigenvalue weighted by Crippen LogP contribution is -2.15. The van der Waals surface area contributed by atoms with Crippen LogP contribution in [0, 0.1) is 0 Å². The fourth-order valence-electron chi connectivity index (χ4n) is 3.66. The van der Waals surface area contributed by atoms with Crippen LogP contribution in [0.1, 0.15) is 0 Å². The average Bonchev–Trinajstić information content (AvgIpc) is 3.57. The minimum absolute atomic E-state index is 0.572. The Morgan fingerprint density at radius 3 is 2.41 bits per heavy atom. The SMILES string of the molecule is c1cc(-c2cn(-c3ccc(-c4ccc5c(c4)OCCO5)cc3)nn2)cc(-c2nnn[nH]2)c1. The van der Waals surface area contributed by atoms with Gasteiger partial charge >= 0.3 is 0 Å². The predicted molar refractivity (Wildman–Crippen MR) is 116 cm³/mol. The molecule has 1 aliphatic heterocycles. The van der Waals surface area contributed by atoms with Gasteiger partial charge in [-0.15, -0.1) is 10.2 Å². The summed E-state index contributed by atoms with van der Waals surface area (Å²) in [6, 6.07) is 22.0. The number of H-pyrrole nitrogens is 1. The van der Waals surface area contributed by atoms with E-state index in [1.54, 1.807) is 4.68 Å². The molecule has 2 aromatic heterocycles. The number of nitrogens with zero attached hydrogens (tertiary/aromatic N) is 6. The number of hydrogen-bond donors (Lipinski definition) is 1. The summed E-state index contributed by atoms with van der Waals surface area (Å²) in [5.74, 6) is 2.17. The van der Waals surface area contributed by atoms with Gasteiger partial charge in [-0.25, -0.2) is 9.78 Å². The van der Waals surface area contributed by atoms with Gasteiger partial charge in [0.2, 0.25) is 0 Å². The number of tetrazole rings is 1. The Hall–Kier alpha value is -4.53. The zero-order chi connectivity index (χ0) is 21.3. The minimum atomic E-state index is 0.572. The number of aromatic amines is 1. The first kappa shape index (κ1) is 18.3. The standard InChI is InChI=1S/C23H17N7O2/c1-2-17(12-18(3-1)23-25-27-28-26-23)20-14-30(29-24-20)19-7-4-15(5-8-19)16-6-9-21-22(13-16)32-11-10-31-21/h1-9,12-14H,10-11H2,(H,25,26,27,28). The molecule has 0 atom stereocenters. The molecule has 0 unspecified atom stereocenters. The second-order valence-electron chi connectivity index (χ2n) is 7.28. The molecule has 0 aliphatic carbocycles. The van der Waals surface area contributed by atoms with E-state index in [9.17, 15) is 0 Å². The summed E-state index contributed by atoms with van der Waals surface area (Å²) in [4.78, 5) is 0. The summed E-state index contributed by atoms with van der Waals surface area (Å²) in [6.07, 6.45) is 1.90. The van der Waals surface area contributed by atoms with Crippen LogP contribution in [0.4, 0.5) is 0 Å². The molecular formula is C23H17N7O2. The van der Waals surface area contributed by atoms with Gasteiger partial charge in [0.15, 0.2) is 17.3 Å². The molecule has 0 saturated heterocycles. The Morgan fingerprint density at radius 1 is 0.750 bits per heavy atom. The van der Waals surface area contributed by atoms with Crippen molar-refractivity contribution < 1.29 is 9.47 Å². The minimum Gasteiger partial charge on any atom is -0.486 e. The van der Waals surface area contributed by atoms with Crippen molar-refractivity contribution in [3.05, 3.63) is 72.9 Å². The van der Waals surface area contributed by atoms with Crippen molar-refractivity contribution in [1.82, 2.24) is 35.6 Å². The van der Waals surface area contributed by atoms with Crippen molar-refractivity contribution in [2.24, 2.45) is 0 Å². The van der Waals surface area contributed by atoms with E-state index >= 15 is 0 Å². The molecule has 0 amide bonds. The molecule has 0 bridgehead atoms. The van der Waals surface area contributed by atoms with Crippen molar-refractivity contribution in [1.29, 1.82) is 0 Å². The van der Waals surface area contributed by atoms with Gasteiger partial charge < -0.3 is 9.47 Å². The van der Waals surface area contributed by atoms with Gasteiger partial charge in [0.1, 0.15) is 18.9 Å². The van der Waals surface area contributed by atoms with Gasteiger partial charge in [-0.3, -0.25) is 0 Å². The maximum absolute atomic E-state index is 5.70. The van der Waals surface area contributed by atoms with E-state index < -0.39 is 0 Å². The van der Waals surface area contributed by atoms with E-state index in [-0.39, 0.29) is 0 Å². The van der Waals surface area contributed by atoms with Crippen molar-refractivity contribution in [3.63, 3.8) is 0 Å². The molecule has 0 radical (unpaired) electrons. The van der Waals surface area contributed by atoms with E-state index in [4.69, 9.17) is 9.47 Å². The van der Waals surface area contributed by atoms with Crippen LogP contribution in [0.15, 0.2) is 72.9 Å². The van der Waals surface area contributed by atoms with Crippen LogP contribution in [0.25, 0.3) is 39.5 Å². The van der Waals surface area contributed by atoms with Gasteiger partial charge in [0, 0.05) is 11.1 Å². The lowest BCUT2D eigenvalue weighted by molar-refractivity contribution is 0.171. The number of fused-ring (bicyclic) bond motifs is 1. The third-order valence-electron chi connectivity index (χ3n) is 5.28. The highest BCUT2D eigenvalue weighted by atomic mass is 16.6. The molecule has 5 aromatic rings. The highest BCUT2D eigenvalue weighted by molar-refractivity contribution is 5.69. The number of aromatic nitrogens is 7. The van der Waals surface area contributed by atoms with Crippen LogP contribution >= 0.6 is 0 Å². The van der Waals surface area contributed by atoms with Crippen molar-refractivity contribution in [2.45, 2.75) is 0 Å². The summed E-state index contributed by atoms with van der Waals surface area (Å²) in [6.45, 7) is 1.16. The molecule has 1 N–H and O–H groups in total. The molecule has 9 heteroatoms. The first-order valence-corrected chi connectivity index (χ1v) is 10.1. The highest BCUT2D eigenvalue weighted by Gasteiger charge is 2.13. The van der Waals surface area contributed by atoms with Crippen LogP contribution in [0.2, 0.25) is 0 Å². The zero-order valence-corrected chi connectivity index (χ0v) is 16.8. The van der Waals surface area contributed by atoms with Gasteiger partial charge in [0.05, 0.1) is 11.9 Å². The first-order chi connectivity index (χ1) is 15.8. The molecule has 32 heavy (non-hydrogen) atoms. The van der Waals surface area contributed by atoms with Crippen LogP contribution in [0.3, 0.4) is 0 Å². The highest BCUT2D eigenvalue weighted by Crippen LogP contribution is 2.34. The third-order valence-corrected chi connectivity index (χ3v) is 5.28. The average molecular weight is 423 g/mol. The lowest BCUT2D eigenvalue weighted by atomic mass is 10.0. The zero-order valence-electron chi connectivity index (χ0n) is 16.8. The quantitative estimate of drug-likeness (QED) is 0.471. The van der Waals surface area contributed by atoms with E-state index in [1.165, 1.54) is 0 Å². The predicted octanol–water partition coefficient (Wildman–Crippen LogP) is 3.55. The Morgan fingerprint density at radius 2 is 1.56 bits per heavy atom. The topological polar surface area (TPSA) is 104 Å². The lowest BCUT2D eigenvalue weighted by Gasteiger charge is -2.19. The van der Waals surface area contributed by atoms with Crippen molar-refractivity contribution in [2.75, 3.05) is 13.2 Å². The maximum Gasteiger partial charge on any atom is 0.179 e. The molecule has 156 valence electrons. The fourth-order valence-corrected chi connectivity index (χ4v) is 3.66. The summed E-state index contributed by atoms with van der Waals surface area (Å²) in [5.41, 5.74) is 5.64. The molecule has 9 nitrogen and oxygen atoms in total. The Balaban J connectivity index is 1.26. The smallest absolute Gasteiger partial charge is 0.179 e. The first-order valence-electron chi connectivity index (χ1n) is 10.1. The summed E-state index contributed by atoms with van der Waals surface area (Å²) < 4.78 is 13.1. The molecule has 0 spiro atoms. The third kappa shape index (κ3) is 3.35. The van der Waals surface area contributed by atoms with E-state index in [0.29, 0.717) is 19.0 Å². The number of nitrogens with one attached hydrogen (secondary N) is 1. The Kier molecular flexibility index (Phi) is 4.35. The van der Waals surface area contributed by atoms with Crippen molar-refractivity contribution in [3.8, 4) is 51.0 Å². The Labute approximate surface area is 182 Å². The van der Waals surface area contributed by atoms with Crippen LogP contribution in [-0.4, -0.2) is 48.8 Å². The second kappa shape index (κ2) is 7.62. The molecule has 6 rings (SSSR count). The van der Waals surface area contributed by atoms with E-state index in [2.05, 4.69) is 43.1 Å². The second-order valence-corrected chi connectivity index (χ2v) is 7.28. The number of hydrogen-bond acceptors (Lipinski definition) is 7. The monoisotopic (exact) mass is 423 g/mol. The van der Waals surface area contributed by atoms with Crippen LogP contribution < -0.4 is 9.47 Å². The summed E-state index contributed by atoms with van der Waals surface area (Å²) in [5, 5.41) is 22.6. The van der Waals surface area contributed by atoms with E-state index in [0.717, 1.165) is 45.1 Å². The number of rotatable bonds is 4. The molecule has 3 heterocycles. The van der Waals surface area contributed by atoms with Gasteiger partial charge in [0.25, 0.3) is 0 Å². The number of benzene rings is 3. The largest absolute Gasteiger partial charge is 0.486 e. The van der Waals surface area contributed by atoms with Crippen LogP contribution in [0.5, 0.6) is 11.5 Å². The van der Waals surface area contributed by atoms with Gasteiger partial charge in [-0.2, -0.15) is 0 Å². The Bertz CT molecular complexity index is 1380. The summed E-state index contributed by atoms with van der Waals surface area (Å²) in [7, 11) is 0. The molecule has 3 aromatic carbocycles. The number of ether oxygens (including phenoxy) is 2. The van der Waals surface area contributed by atoms with Crippen LogP contribution in [-0.2, 0) is 0 Å². The molecule has 1 aliphatic rings. The van der Waals surface area contributed by atoms with Gasteiger partial charge in [-0.05, 0) is 51.9 Å². The summed E-state index contributed by atoms with van der Waals surface area (Å²) >= 11 is 0. The molecule has 0 fully saturated rings. The van der Waals surface area contributed by atoms with Crippen molar-refractivity contribution >= 4 is 0 Å².